The van der Waals surface area contributed by atoms with Gasteiger partial charge in [0.2, 0.25) is 0 Å². The van der Waals surface area contributed by atoms with Crippen LogP contribution in [-0.4, -0.2) is 46.8 Å². The SMILES string of the molecule is COc1ccc(-c2ccc(NCc3cccc(C)c3)nc2)cc1C(=O)N[C@@H](CO)C(=O)O.S. The first-order valence-electron chi connectivity index (χ1n) is 9.99. The molecule has 0 aliphatic rings. The molecule has 1 heterocycles. The molecule has 0 radical (unpaired) electrons. The van der Waals surface area contributed by atoms with E-state index < -0.39 is 24.5 Å². The van der Waals surface area contributed by atoms with Crippen LogP contribution >= 0.6 is 13.5 Å². The molecule has 1 amide bonds. The number of aliphatic hydroxyl groups excluding tert-OH is 1. The van der Waals surface area contributed by atoms with Crippen LogP contribution in [0.3, 0.4) is 0 Å². The van der Waals surface area contributed by atoms with E-state index in [1.165, 1.54) is 12.7 Å². The first-order valence-corrected chi connectivity index (χ1v) is 9.99. The van der Waals surface area contributed by atoms with Gasteiger partial charge in [0.1, 0.15) is 11.6 Å². The smallest absolute Gasteiger partial charge is 0.328 e. The highest BCUT2D eigenvalue weighted by Gasteiger charge is 2.22. The summed E-state index contributed by atoms with van der Waals surface area (Å²) in [6.45, 7) is 1.98. The van der Waals surface area contributed by atoms with Gasteiger partial charge in [0.25, 0.3) is 5.91 Å². The zero-order valence-corrected chi connectivity index (χ0v) is 19.3. The van der Waals surface area contributed by atoms with Crippen molar-refractivity contribution in [2.45, 2.75) is 19.5 Å². The second kappa shape index (κ2) is 11.9. The zero-order valence-electron chi connectivity index (χ0n) is 18.3. The number of ether oxygens (including phenoxy) is 1. The topological polar surface area (TPSA) is 121 Å². The van der Waals surface area contributed by atoms with E-state index in [0.29, 0.717) is 17.9 Å². The number of methoxy groups -OCH3 is 1. The maximum Gasteiger partial charge on any atom is 0.328 e. The number of aryl methyl sites for hydroxylation is 1. The monoisotopic (exact) mass is 469 g/mol. The Bertz CT molecular complexity index is 1110. The largest absolute Gasteiger partial charge is 0.496 e. The van der Waals surface area contributed by atoms with E-state index in [2.05, 4.69) is 21.7 Å². The number of pyridine rings is 1. The molecule has 0 unspecified atom stereocenters. The Kier molecular flexibility index (Phi) is 9.26. The van der Waals surface area contributed by atoms with Gasteiger partial charge in [0, 0.05) is 18.3 Å². The Labute approximate surface area is 199 Å². The lowest BCUT2D eigenvalue weighted by atomic mass is 10.0. The number of aliphatic carboxylic acids is 1. The highest BCUT2D eigenvalue weighted by Crippen LogP contribution is 2.27. The van der Waals surface area contributed by atoms with Gasteiger partial charge in [0.05, 0.1) is 19.3 Å². The summed E-state index contributed by atoms with van der Waals surface area (Å²) in [5, 5.41) is 23.8. The first kappa shape index (κ1) is 25.7. The summed E-state index contributed by atoms with van der Waals surface area (Å²) >= 11 is 0. The van der Waals surface area contributed by atoms with Crippen molar-refractivity contribution in [3.63, 3.8) is 0 Å². The third-order valence-corrected chi connectivity index (χ3v) is 4.88. The number of anilines is 1. The number of nitrogens with zero attached hydrogens (tertiary/aromatic N) is 1. The number of carboxylic acids is 1. The molecule has 2 aromatic carbocycles. The van der Waals surface area contributed by atoms with Gasteiger partial charge in [0.15, 0.2) is 6.04 Å². The van der Waals surface area contributed by atoms with E-state index >= 15 is 0 Å². The number of aliphatic hydroxyl groups is 1. The molecule has 0 saturated carbocycles. The molecule has 3 aromatic rings. The van der Waals surface area contributed by atoms with E-state index in [1.807, 2.05) is 37.3 Å². The van der Waals surface area contributed by atoms with Crippen LogP contribution in [0.1, 0.15) is 21.5 Å². The molecule has 8 nitrogen and oxygen atoms in total. The highest BCUT2D eigenvalue weighted by molar-refractivity contribution is 7.59. The average Bonchev–Trinajstić information content (AvgIpc) is 2.80. The summed E-state index contributed by atoms with van der Waals surface area (Å²) in [6, 6.07) is 15.5. The van der Waals surface area contributed by atoms with Crippen LogP contribution in [0, 0.1) is 6.92 Å². The van der Waals surface area contributed by atoms with Gasteiger partial charge in [-0.05, 0) is 42.3 Å². The molecule has 0 saturated heterocycles. The van der Waals surface area contributed by atoms with Crippen LogP contribution in [0.25, 0.3) is 11.1 Å². The van der Waals surface area contributed by atoms with Gasteiger partial charge in [-0.15, -0.1) is 0 Å². The normalized spacial score (nSPS) is 11.1. The minimum Gasteiger partial charge on any atom is -0.496 e. The number of carbonyl (C=O) groups excluding carboxylic acids is 1. The Morgan fingerprint density at radius 1 is 1.09 bits per heavy atom. The summed E-state index contributed by atoms with van der Waals surface area (Å²) in [5.74, 6) is -0.977. The van der Waals surface area contributed by atoms with E-state index in [4.69, 9.17) is 14.9 Å². The first-order chi connectivity index (χ1) is 15.4. The lowest BCUT2D eigenvalue weighted by Crippen LogP contribution is -2.43. The number of hydrogen-bond acceptors (Lipinski definition) is 6. The molecule has 0 aliphatic heterocycles. The maximum atomic E-state index is 12.6. The number of benzene rings is 2. The zero-order chi connectivity index (χ0) is 23.1. The molecule has 33 heavy (non-hydrogen) atoms. The molecule has 1 atom stereocenters. The van der Waals surface area contributed by atoms with Crippen molar-refractivity contribution in [1.29, 1.82) is 0 Å². The van der Waals surface area contributed by atoms with Crippen LogP contribution in [0.2, 0.25) is 0 Å². The van der Waals surface area contributed by atoms with Crippen LogP contribution in [-0.2, 0) is 11.3 Å². The number of rotatable bonds is 9. The van der Waals surface area contributed by atoms with E-state index in [0.717, 1.165) is 11.1 Å². The van der Waals surface area contributed by atoms with Crippen molar-refractivity contribution < 1.29 is 24.5 Å². The lowest BCUT2D eigenvalue weighted by molar-refractivity contribution is -0.140. The van der Waals surface area contributed by atoms with Crippen LogP contribution in [0.4, 0.5) is 5.82 Å². The summed E-state index contributed by atoms with van der Waals surface area (Å²) in [6.07, 6.45) is 1.69. The molecule has 0 fully saturated rings. The maximum absolute atomic E-state index is 12.6. The van der Waals surface area contributed by atoms with Gasteiger partial charge in [-0.1, -0.05) is 35.9 Å². The summed E-state index contributed by atoms with van der Waals surface area (Å²) in [5.41, 5.74) is 4.00. The number of nitrogens with one attached hydrogen (secondary N) is 2. The Balaban J connectivity index is 0.00000385. The van der Waals surface area contributed by atoms with Crippen molar-refractivity contribution in [2.75, 3.05) is 19.0 Å². The van der Waals surface area contributed by atoms with Gasteiger partial charge < -0.3 is 25.6 Å². The van der Waals surface area contributed by atoms with Crippen molar-refractivity contribution >= 4 is 31.2 Å². The fraction of sp³-hybridized carbons (Fsp3) is 0.208. The fourth-order valence-electron chi connectivity index (χ4n) is 3.17. The summed E-state index contributed by atoms with van der Waals surface area (Å²) in [7, 11) is 1.42. The Morgan fingerprint density at radius 3 is 2.45 bits per heavy atom. The van der Waals surface area contributed by atoms with Crippen molar-refractivity contribution in [3.05, 3.63) is 77.5 Å². The third kappa shape index (κ3) is 6.71. The average molecular weight is 470 g/mol. The van der Waals surface area contributed by atoms with Gasteiger partial charge in [-0.25, -0.2) is 9.78 Å². The molecule has 0 spiro atoms. The number of carboxylic acid groups (broad SMARTS) is 1. The van der Waals surface area contributed by atoms with Gasteiger partial charge in [-0.2, -0.15) is 13.5 Å². The van der Waals surface area contributed by atoms with Gasteiger partial charge >= 0.3 is 5.97 Å². The molecule has 1 aromatic heterocycles. The van der Waals surface area contributed by atoms with Crippen LogP contribution in [0.5, 0.6) is 5.75 Å². The third-order valence-electron chi connectivity index (χ3n) is 4.88. The number of carbonyl (C=O) groups is 2. The Morgan fingerprint density at radius 2 is 1.85 bits per heavy atom. The minimum atomic E-state index is -1.41. The highest BCUT2D eigenvalue weighted by atomic mass is 32.1. The van der Waals surface area contributed by atoms with Crippen molar-refractivity contribution in [3.8, 4) is 16.9 Å². The molecular weight excluding hydrogens is 442 g/mol. The molecule has 0 aliphatic carbocycles. The predicted molar refractivity (Wildman–Crippen MR) is 131 cm³/mol. The van der Waals surface area contributed by atoms with Crippen LogP contribution in [0.15, 0.2) is 60.8 Å². The molecule has 3 rings (SSSR count). The molecular formula is C24H27N3O5S. The predicted octanol–water partition coefficient (Wildman–Crippen LogP) is 2.97. The van der Waals surface area contributed by atoms with E-state index in [1.54, 1.807) is 24.4 Å². The summed E-state index contributed by atoms with van der Waals surface area (Å²) in [4.78, 5) is 28.1. The standard InChI is InChI=1S/C24H25N3O5.H2S/c1-15-4-3-5-16(10-15)12-25-22-9-7-18(13-26-22)17-6-8-21(32-2)19(11-17)23(29)27-20(14-28)24(30)31;/h3-11,13,20,28H,12,14H2,1-2H3,(H,25,26)(H,27,29)(H,30,31);1H2/t20-;/m0./s1. The molecule has 9 heteroatoms. The van der Waals surface area contributed by atoms with Crippen LogP contribution < -0.4 is 15.4 Å². The van der Waals surface area contributed by atoms with E-state index in [-0.39, 0.29) is 24.8 Å². The molecule has 174 valence electrons. The van der Waals surface area contributed by atoms with E-state index in [9.17, 15) is 9.59 Å². The second-order valence-corrected chi connectivity index (χ2v) is 7.24. The van der Waals surface area contributed by atoms with Gasteiger partial charge in [-0.3, -0.25) is 4.79 Å². The lowest BCUT2D eigenvalue weighted by Gasteiger charge is -2.15. The van der Waals surface area contributed by atoms with Crippen molar-refractivity contribution in [1.82, 2.24) is 10.3 Å². The fourth-order valence-corrected chi connectivity index (χ4v) is 3.17. The number of aromatic nitrogens is 1. The second-order valence-electron chi connectivity index (χ2n) is 7.24. The Hall–Kier alpha value is -3.56. The quantitative estimate of drug-likeness (QED) is 0.380. The minimum absolute atomic E-state index is 0. The number of amides is 1. The van der Waals surface area contributed by atoms with Crippen molar-refractivity contribution in [2.24, 2.45) is 0 Å². The molecule has 0 bridgehead atoms. The summed E-state index contributed by atoms with van der Waals surface area (Å²) < 4.78 is 5.24. The number of hydrogen-bond donors (Lipinski definition) is 4. The molecule has 4 N–H and O–H groups in total.